The van der Waals surface area contributed by atoms with Gasteiger partial charge in [-0.05, 0) is 30.7 Å². The number of hydrogen-bond acceptors (Lipinski definition) is 2. The third-order valence-electron chi connectivity index (χ3n) is 2.98. The van der Waals surface area contributed by atoms with Crippen LogP contribution in [0.2, 0.25) is 0 Å². The first-order valence-electron chi connectivity index (χ1n) is 5.68. The Labute approximate surface area is 95.9 Å². The molecule has 0 unspecified atom stereocenters. The molecule has 1 saturated carbocycles. The van der Waals surface area contributed by atoms with E-state index in [0.29, 0.717) is 19.0 Å². The fourth-order valence-electron chi connectivity index (χ4n) is 2.07. The van der Waals surface area contributed by atoms with Crippen molar-refractivity contribution < 1.29 is 9.53 Å². The van der Waals surface area contributed by atoms with Crippen LogP contribution < -0.4 is 0 Å². The monoisotopic (exact) mass is 216 g/mol. The van der Waals surface area contributed by atoms with Gasteiger partial charge in [0.25, 0.3) is 6.47 Å². The van der Waals surface area contributed by atoms with Gasteiger partial charge in [0.1, 0.15) is 0 Å². The normalized spacial score (nSPS) is 18.8. The summed E-state index contributed by atoms with van der Waals surface area (Å²) in [6.07, 6.45) is 5.55. The topological polar surface area (TPSA) is 26.3 Å². The van der Waals surface area contributed by atoms with Crippen molar-refractivity contribution in [1.82, 2.24) is 0 Å². The molecule has 0 spiro atoms. The lowest BCUT2D eigenvalue weighted by Crippen LogP contribution is -2.16. The van der Waals surface area contributed by atoms with Crippen LogP contribution >= 0.6 is 0 Å². The second-order valence-electron chi connectivity index (χ2n) is 4.24. The average molecular weight is 216 g/mol. The second kappa shape index (κ2) is 5.50. The molecule has 2 rings (SSSR count). The van der Waals surface area contributed by atoms with Gasteiger partial charge in [-0.1, -0.05) is 42.0 Å². The molecule has 0 N–H and O–H groups in total. The van der Waals surface area contributed by atoms with E-state index in [2.05, 4.69) is 30.3 Å². The molecule has 84 valence electrons. The van der Waals surface area contributed by atoms with E-state index in [4.69, 9.17) is 4.74 Å². The molecule has 1 fully saturated rings. The number of rotatable bonds is 5. The van der Waals surface area contributed by atoms with Crippen molar-refractivity contribution in [2.45, 2.75) is 19.3 Å². The van der Waals surface area contributed by atoms with Gasteiger partial charge in [0, 0.05) is 0 Å². The van der Waals surface area contributed by atoms with Gasteiger partial charge in [0.15, 0.2) is 0 Å². The van der Waals surface area contributed by atoms with E-state index in [1.54, 1.807) is 0 Å². The number of carbonyl (C=O) groups is 1. The molecule has 0 aromatic heterocycles. The van der Waals surface area contributed by atoms with Gasteiger partial charge in [-0.25, -0.2) is 0 Å². The standard InChI is InChI=1S/C14H16O2/c15-11-16-7-6-13-9-14(10-13)8-12-4-2-1-3-5-12/h1-5,8,11,13H,6-7,9-10H2. The zero-order valence-electron chi connectivity index (χ0n) is 9.26. The summed E-state index contributed by atoms with van der Waals surface area (Å²) in [7, 11) is 0. The van der Waals surface area contributed by atoms with Gasteiger partial charge >= 0.3 is 0 Å². The number of ether oxygens (including phenoxy) is 1. The zero-order chi connectivity index (χ0) is 11.2. The molecular formula is C14H16O2. The second-order valence-corrected chi connectivity index (χ2v) is 4.24. The molecule has 1 aliphatic rings. The molecule has 0 aliphatic heterocycles. The Balaban J connectivity index is 1.76. The molecule has 1 aromatic rings. The molecule has 1 aliphatic carbocycles. The Morgan fingerprint density at radius 2 is 2.00 bits per heavy atom. The van der Waals surface area contributed by atoms with Gasteiger partial charge in [0.05, 0.1) is 6.61 Å². The molecular weight excluding hydrogens is 200 g/mol. The smallest absolute Gasteiger partial charge is 0.293 e. The summed E-state index contributed by atoms with van der Waals surface area (Å²) in [5.41, 5.74) is 2.78. The fraction of sp³-hybridized carbons (Fsp3) is 0.357. The minimum atomic E-state index is 0.527. The predicted molar refractivity (Wildman–Crippen MR) is 63.8 cm³/mol. The third kappa shape index (κ3) is 2.96. The Morgan fingerprint density at radius 1 is 1.25 bits per heavy atom. The first-order valence-corrected chi connectivity index (χ1v) is 5.68. The lowest BCUT2D eigenvalue weighted by molar-refractivity contribution is -0.129. The molecule has 1 aromatic carbocycles. The Bertz CT molecular complexity index is 360. The van der Waals surface area contributed by atoms with E-state index in [1.165, 1.54) is 11.1 Å². The molecule has 2 heteroatoms. The number of allylic oxidation sites excluding steroid dienone is 1. The molecule has 0 heterocycles. The minimum absolute atomic E-state index is 0.527. The van der Waals surface area contributed by atoms with Gasteiger partial charge in [0.2, 0.25) is 0 Å². The number of benzene rings is 1. The molecule has 16 heavy (non-hydrogen) atoms. The highest BCUT2D eigenvalue weighted by Gasteiger charge is 2.22. The van der Waals surface area contributed by atoms with Crippen LogP contribution in [0, 0.1) is 5.92 Å². The lowest BCUT2D eigenvalue weighted by Gasteiger charge is -2.29. The van der Waals surface area contributed by atoms with E-state index in [0.717, 1.165) is 19.3 Å². The lowest BCUT2D eigenvalue weighted by atomic mass is 9.77. The molecule has 0 atom stereocenters. The molecule has 0 saturated heterocycles. The quantitative estimate of drug-likeness (QED) is 0.558. The summed E-state index contributed by atoms with van der Waals surface area (Å²) in [6.45, 7) is 1.09. The van der Waals surface area contributed by atoms with Crippen LogP contribution in [0.4, 0.5) is 0 Å². The fourth-order valence-corrected chi connectivity index (χ4v) is 2.07. The summed E-state index contributed by atoms with van der Waals surface area (Å²) >= 11 is 0. The Hall–Kier alpha value is -1.57. The summed E-state index contributed by atoms with van der Waals surface area (Å²) in [4.78, 5) is 9.96. The van der Waals surface area contributed by atoms with Crippen LogP contribution in [0.1, 0.15) is 24.8 Å². The summed E-state index contributed by atoms with van der Waals surface area (Å²) in [5.74, 6) is 0.704. The maximum Gasteiger partial charge on any atom is 0.293 e. The van der Waals surface area contributed by atoms with Crippen LogP contribution in [-0.4, -0.2) is 13.1 Å². The van der Waals surface area contributed by atoms with Crippen molar-refractivity contribution in [1.29, 1.82) is 0 Å². The van der Waals surface area contributed by atoms with E-state index in [-0.39, 0.29) is 0 Å². The van der Waals surface area contributed by atoms with Crippen LogP contribution in [0.25, 0.3) is 6.08 Å². The van der Waals surface area contributed by atoms with Crippen LogP contribution in [-0.2, 0) is 9.53 Å². The molecule has 2 nitrogen and oxygen atoms in total. The van der Waals surface area contributed by atoms with Crippen molar-refractivity contribution >= 4 is 12.5 Å². The number of hydrogen-bond donors (Lipinski definition) is 0. The maximum absolute atomic E-state index is 9.96. The molecule has 0 amide bonds. The van der Waals surface area contributed by atoms with Crippen molar-refractivity contribution in [3.63, 3.8) is 0 Å². The highest BCUT2D eigenvalue weighted by Crippen LogP contribution is 2.36. The van der Waals surface area contributed by atoms with Gasteiger partial charge in [-0.2, -0.15) is 0 Å². The van der Waals surface area contributed by atoms with E-state index < -0.39 is 0 Å². The maximum atomic E-state index is 9.96. The van der Waals surface area contributed by atoms with Crippen LogP contribution in [0.3, 0.4) is 0 Å². The number of carbonyl (C=O) groups excluding carboxylic acids is 1. The Kier molecular flexibility index (Phi) is 3.76. The third-order valence-corrected chi connectivity index (χ3v) is 2.98. The largest absolute Gasteiger partial charge is 0.468 e. The van der Waals surface area contributed by atoms with E-state index >= 15 is 0 Å². The van der Waals surface area contributed by atoms with Gasteiger partial charge < -0.3 is 4.74 Å². The predicted octanol–water partition coefficient (Wildman–Crippen LogP) is 3.04. The average Bonchev–Trinajstić information content (AvgIpc) is 2.27. The summed E-state index contributed by atoms with van der Waals surface area (Å²) in [6, 6.07) is 10.4. The zero-order valence-corrected chi connectivity index (χ0v) is 9.26. The van der Waals surface area contributed by atoms with Gasteiger partial charge in [-0.3, -0.25) is 4.79 Å². The van der Waals surface area contributed by atoms with Crippen molar-refractivity contribution in [3.8, 4) is 0 Å². The first-order chi connectivity index (χ1) is 7.88. The SMILES string of the molecule is O=COCCC1CC(=Cc2ccccc2)C1. The van der Waals surface area contributed by atoms with Crippen LogP contribution in [0.15, 0.2) is 35.9 Å². The van der Waals surface area contributed by atoms with Gasteiger partial charge in [-0.15, -0.1) is 0 Å². The molecule has 0 bridgehead atoms. The minimum Gasteiger partial charge on any atom is -0.468 e. The van der Waals surface area contributed by atoms with Crippen LogP contribution in [0.5, 0.6) is 0 Å². The van der Waals surface area contributed by atoms with E-state index in [1.807, 2.05) is 6.07 Å². The summed E-state index contributed by atoms with van der Waals surface area (Å²) in [5, 5.41) is 0. The molecule has 0 radical (unpaired) electrons. The Morgan fingerprint density at radius 3 is 2.69 bits per heavy atom. The highest BCUT2D eigenvalue weighted by molar-refractivity contribution is 5.54. The first kappa shape index (κ1) is 10.9. The van der Waals surface area contributed by atoms with Crippen molar-refractivity contribution in [2.24, 2.45) is 5.92 Å². The summed E-state index contributed by atoms with van der Waals surface area (Å²) < 4.78 is 4.69. The van der Waals surface area contributed by atoms with Crippen molar-refractivity contribution in [2.75, 3.05) is 6.61 Å². The van der Waals surface area contributed by atoms with E-state index in [9.17, 15) is 4.79 Å². The van der Waals surface area contributed by atoms with Crippen molar-refractivity contribution in [3.05, 3.63) is 41.5 Å². The highest BCUT2D eigenvalue weighted by atomic mass is 16.5.